The Bertz CT molecular complexity index is 588. The van der Waals surface area contributed by atoms with Crippen LogP contribution in [0.3, 0.4) is 0 Å². The summed E-state index contributed by atoms with van der Waals surface area (Å²) in [5.74, 6) is 0.695. The van der Waals surface area contributed by atoms with Crippen molar-refractivity contribution in [3.05, 3.63) is 77.9 Å². The summed E-state index contributed by atoms with van der Waals surface area (Å²) in [5, 5.41) is 0. The molecule has 2 rings (SSSR count). The molecule has 0 atom stereocenters. The molecule has 0 aliphatic rings. The Hall–Kier alpha value is -2.35. The predicted molar refractivity (Wildman–Crippen MR) is 86.0 cm³/mol. The summed E-state index contributed by atoms with van der Waals surface area (Å²) in [6.07, 6.45) is 5.27. The van der Waals surface area contributed by atoms with Crippen molar-refractivity contribution >= 4 is 6.29 Å². The van der Waals surface area contributed by atoms with E-state index in [0.717, 1.165) is 24.7 Å². The molecular formula is C19H20O2. The highest BCUT2D eigenvalue weighted by atomic mass is 16.5. The van der Waals surface area contributed by atoms with Gasteiger partial charge in [-0.15, -0.1) is 6.58 Å². The number of aryl methyl sites for hydroxylation is 1. The van der Waals surface area contributed by atoms with Crippen LogP contribution in [0.5, 0.6) is 5.75 Å². The maximum absolute atomic E-state index is 11.1. The molecule has 2 aromatic rings. The lowest BCUT2D eigenvalue weighted by Crippen LogP contribution is -2.04. The molecule has 2 aromatic carbocycles. The molecule has 21 heavy (non-hydrogen) atoms. The summed E-state index contributed by atoms with van der Waals surface area (Å²) in [7, 11) is 0. The van der Waals surface area contributed by atoms with E-state index >= 15 is 0 Å². The smallest absolute Gasteiger partial charge is 0.153 e. The lowest BCUT2D eigenvalue weighted by atomic mass is 10.1. The fourth-order valence-corrected chi connectivity index (χ4v) is 2.28. The van der Waals surface area contributed by atoms with E-state index in [4.69, 9.17) is 4.74 Å². The summed E-state index contributed by atoms with van der Waals surface area (Å²) in [5.41, 5.74) is 2.92. The zero-order chi connectivity index (χ0) is 14.9. The molecule has 0 saturated carbocycles. The Morgan fingerprint density at radius 2 is 1.86 bits per heavy atom. The van der Waals surface area contributed by atoms with Gasteiger partial charge in [-0.05, 0) is 36.5 Å². The van der Waals surface area contributed by atoms with Crippen molar-refractivity contribution in [2.75, 3.05) is 6.61 Å². The average Bonchev–Trinajstić information content (AvgIpc) is 2.53. The van der Waals surface area contributed by atoms with Gasteiger partial charge in [-0.25, -0.2) is 0 Å². The first kappa shape index (κ1) is 15.0. The van der Waals surface area contributed by atoms with E-state index in [9.17, 15) is 4.79 Å². The molecule has 0 bridgehead atoms. The van der Waals surface area contributed by atoms with Crippen LogP contribution in [0.4, 0.5) is 0 Å². The summed E-state index contributed by atoms with van der Waals surface area (Å²) in [6.45, 7) is 4.35. The van der Waals surface area contributed by atoms with E-state index in [2.05, 4.69) is 18.7 Å². The minimum absolute atomic E-state index is 0.601. The van der Waals surface area contributed by atoms with Gasteiger partial charge in [-0.3, -0.25) is 4.79 Å². The van der Waals surface area contributed by atoms with E-state index in [-0.39, 0.29) is 0 Å². The van der Waals surface area contributed by atoms with Crippen molar-refractivity contribution in [1.82, 2.24) is 0 Å². The van der Waals surface area contributed by atoms with Crippen LogP contribution in [0.25, 0.3) is 0 Å². The third-order valence-electron chi connectivity index (χ3n) is 3.32. The van der Waals surface area contributed by atoms with Gasteiger partial charge in [-0.2, -0.15) is 0 Å². The van der Waals surface area contributed by atoms with Crippen LogP contribution in [-0.4, -0.2) is 12.9 Å². The molecule has 0 aromatic heterocycles. The number of aldehydes is 1. The molecule has 0 aliphatic heterocycles. The number of benzene rings is 2. The van der Waals surface area contributed by atoms with Crippen LogP contribution in [0.1, 0.15) is 27.9 Å². The molecule has 0 saturated heterocycles. The first-order chi connectivity index (χ1) is 10.3. The quantitative estimate of drug-likeness (QED) is 0.411. The molecule has 2 nitrogen and oxygen atoms in total. The van der Waals surface area contributed by atoms with E-state index in [0.29, 0.717) is 24.3 Å². The molecule has 2 heteroatoms. The van der Waals surface area contributed by atoms with E-state index in [1.54, 1.807) is 6.07 Å². The SMILES string of the molecule is C=CCc1cccc(C=O)c1OCCCc1ccccc1. The van der Waals surface area contributed by atoms with Crippen LogP contribution >= 0.6 is 0 Å². The lowest BCUT2D eigenvalue weighted by Gasteiger charge is -2.12. The van der Waals surface area contributed by atoms with Gasteiger partial charge in [0.05, 0.1) is 12.2 Å². The minimum Gasteiger partial charge on any atom is -0.493 e. The Morgan fingerprint density at radius 1 is 1.05 bits per heavy atom. The molecule has 108 valence electrons. The monoisotopic (exact) mass is 280 g/mol. The van der Waals surface area contributed by atoms with Gasteiger partial charge in [0.15, 0.2) is 6.29 Å². The first-order valence-corrected chi connectivity index (χ1v) is 7.20. The van der Waals surface area contributed by atoms with E-state index in [1.807, 2.05) is 36.4 Å². The number of hydrogen-bond donors (Lipinski definition) is 0. The molecular weight excluding hydrogens is 260 g/mol. The maximum Gasteiger partial charge on any atom is 0.153 e. The number of carbonyl (C=O) groups is 1. The van der Waals surface area contributed by atoms with Crippen LogP contribution < -0.4 is 4.74 Å². The Kier molecular flexibility index (Phi) is 5.77. The zero-order valence-electron chi connectivity index (χ0n) is 12.1. The Morgan fingerprint density at radius 3 is 2.57 bits per heavy atom. The fraction of sp³-hybridized carbons (Fsp3) is 0.211. The third kappa shape index (κ3) is 4.32. The van der Waals surface area contributed by atoms with Crippen molar-refractivity contribution in [2.24, 2.45) is 0 Å². The van der Waals surface area contributed by atoms with Crippen molar-refractivity contribution in [2.45, 2.75) is 19.3 Å². The lowest BCUT2D eigenvalue weighted by molar-refractivity contribution is 0.111. The second-order valence-corrected chi connectivity index (χ2v) is 4.88. The molecule has 0 radical (unpaired) electrons. The molecule has 0 N–H and O–H groups in total. The highest BCUT2D eigenvalue weighted by molar-refractivity contribution is 5.80. The maximum atomic E-state index is 11.1. The van der Waals surface area contributed by atoms with Crippen molar-refractivity contribution in [3.8, 4) is 5.75 Å². The summed E-state index contributed by atoms with van der Waals surface area (Å²) in [4.78, 5) is 11.1. The van der Waals surface area contributed by atoms with E-state index < -0.39 is 0 Å². The Labute approximate surface area is 126 Å². The van der Waals surface area contributed by atoms with Gasteiger partial charge in [0, 0.05) is 0 Å². The number of allylic oxidation sites excluding steroid dienone is 1. The zero-order valence-corrected chi connectivity index (χ0v) is 12.1. The molecule has 0 heterocycles. The topological polar surface area (TPSA) is 26.3 Å². The average molecular weight is 280 g/mol. The standard InChI is InChI=1S/C19H20O2/c1-2-8-17-12-6-13-18(15-20)19(17)21-14-7-11-16-9-4-3-5-10-16/h2-6,9-10,12-13,15H,1,7-8,11,14H2. The van der Waals surface area contributed by atoms with Gasteiger partial charge in [0.25, 0.3) is 0 Å². The summed E-state index contributed by atoms with van der Waals surface area (Å²) >= 11 is 0. The largest absolute Gasteiger partial charge is 0.493 e. The molecule has 0 fully saturated rings. The number of ether oxygens (including phenoxy) is 1. The number of rotatable bonds is 8. The normalized spacial score (nSPS) is 10.1. The highest BCUT2D eigenvalue weighted by Crippen LogP contribution is 2.24. The highest BCUT2D eigenvalue weighted by Gasteiger charge is 2.08. The predicted octanol–water partition coefficient (Wildman–Crippen LogP) is 4.24. The Balaban J connectivity index is 1.95. The molecule has 0 aliphatic carbocycles. The molecule has 0 spiro atoms. The van der Waals surface area contributed by atoms with Crippen molar-refractivity contribution in [1.29, 1.82) is 0 Å². The van der Waals surface area contributed by atoms with Crippen LogP contribution in [-0.2, 0) is 12.8 Å². The molecule has 0 unspecified atom stereocenters. The van der Waals surface area contributed by atoms with Crippen LogP contribution in [0.2, 0.25) is 0 Å². The summed E-state index contributed by atoms with van der Waals surface area (Å²) < 4.78 is 5.85. The number of para-hydroxylation sites is 1. The van der Waals surface area contributed by atoms with Crippen molar-refractivity contribution in [3.63, 3.8) is 0 Å². The second-order valence-electron chi connectivity index (χ2n) is 4.88. The van der Waals surface area contributed by atoms with Gasteiger partial charge in [0.1, 0.15) is 5.75 Å². The van der Waals surface area contributed by atoms with Crippen molar-refractivity contribution < 1.29 is 9.53 Å². The number of hydrogen-bond acceptors (Lipinski definition) is 2. The second kappa shape index (κ2) is 8.05. The van der Waals surface area contributed by atoms with Crippen LogP contribution in [0, 0.1) is 0 Å². The van der Waals surface area contributed by atoms with E-state index in [1.165, 1.54) is 5.56 Å². The van der Waals surface area contributed by atoms with Crippen LogP contribution in [0.15, 0.2) is 61.2 Å². The van der Waals surface area contributed by atoms with Gasteiger partial charge < -0.3 is 4.74 Å². The minimum atomic E-state index is 0.601. The summed E-state index contributed by atoms with van der Waals surface area (Å²) in [6, 6.07) is 16.0. The number of carbonyl (C=O) groups excluding carboxylic acids is 1. The van der Waals surface area contributed by atoms with Gasteiger partial charge in [-0.1, -0.05) is 48.5 Å². The third-order valence-corrected chi connectivity index (χ3v) is 3.32. The van der Waals surface area contributed by atoms with Gasteiger partial charge >= 0.3 is 0 Å². The van der Waals surface area contributed by atoms with Gasteiger partial charge in [0.2, 0.25) is 0 Å². The first-order valence-electron chi connectivity index (χ1n) is 7.20. The molecule has 0 amide bonds. The fourth-order valence-electron chi connectivity index (χ4n) is 2.28.